The van der Waals surface area contributed by atoms with Crippen molar-refractivity contribution in [2.75, 3.05) is 6.54 Å². The number of fused-ring (bicyclic) bond motifs is 1. The third kappa shape index (κ3) is 4.28. The molecule has 0 saturated carbocycles. The summed E-state index contributed by atoms with van der Waals surface area (Å²) in [6.07, 6.45) is 2.27. The molecule has 0 aliphatic carbocycles. The minimum atomic E-state index is -0.387. The number of H-pyrrole nitrogens is 1. The number of thiophene rings is 1. The van der Waals surface area contributed by atoms with E-state index in [1.165, 1.54) is 11.3 Å². The van der Waals surface area contributed by atoms with Gasteiger partial charge in [-0.05, 0) is 23.9 Å². The van der Waals surface area contributed by atoms with Crippen molar-refractivity contribution < 1.29 is 14.4 Å². The second-order valence-electron chi connectivity index (χ2n) is 5.62. The van der Waals surface area contributed by atoms with Crippen LogP contribution in [0.4, 0.5) is 0 Å². The summed E-state index contributed by atoms with van der Waals surface area (Å²) in [5, 5.41) is 7.13. The Balaban J connectivity index is 1.38. The number of benzene rings is 1. The van der Waals surface area contributed by atoms with Gasteiger partial charge in [-0.25, -0.2) is 0 Å². The molecular formula is C18H18N4O3S. The van der Waals surface area contributed by atoms with Gasteiger partial charge in [0.15, 0.2) is 0 Å². The number of aromatic amines is 1. The summed E-state index contributed by atoms with van der Waals surface area (Å²) >= 11 is 1.45. The number of aromatic nitrogens is 1. The highest BCUT2D eigenvalue weighted by Gasteiger charge is 2.12. The van der Waals surface area contributed by atoms with E-state index in [0.29, 0.717) is 24.1 Å². The number of hydrogen-bond donors (Lipinski definition) is 4. The molecule has 0 unspecified atom stereocenters. The first-order valence-corrected chi connectivity index (χ1v) is 9.05. The Morgan fingerprint density at radius 1 is 1.04 bits per heavy atom. The Bertz CT molecular complexity index is 918. The fourth-order valence-electron chi connectivity index (χ4n) is 2.46. The van der Waals surface area contributed by atoms with Crippen LogP contribution in [0, 0.1) is 0 Å². The van der Waals surface area contributed by atoms with Crippen molar-refractivity contribution in [2.24, 2.45) is 0 Å². The van der Waals surface area contributed by atoms with E-state index in [0.717, 1.165) is 10.9 Å². The predicted molar refractivity (Wildman–Crippen MR) is 99.8 cm³/mol. The zero-order chi connectivity index (χ0) is 18.4. The van der Waals surface area contributed by atoms with Gasteiger partial charge in [0.25, 0.3) is 11.8 Å². The van der Waals surface area contributed by atoms with Crippen LogP contribution in [-0.2, 0) is 4.79 Å². The lowest BCUT2D eigenvalue weighted by Gasteiger charge is -2.07. The summed E-state index contributed by atoms with van der Waals surface area (Å²) in [6.45, 7) is 0.387. The number of carbonyl (C=O) groups excluding carboxylic acids is 3. The summed E-state index contributed by atoms with van der Waals surface area (Å²) in [6, 6.07) is 9.16. The van der Waals surface area contributed by atoms with E-state index in [2.05, 4.69) is 21.2 Å². The smallest absolute Gasteiger partial charge is 0.271 e. The minimum Gasteiger partial charge on any atom is -0.360 e. The third-order valence-corrected chi connectivity index (χ3v) is 4.48. The number of nitrogens with one attached hydrogen (secondary N) is 4. The molecule has 0 saturated heterocycles. The molecule has 8 heteroatoms. The van der Waals surface area contributed by atoms with Crippen molar-refractivity contribution in [3.05, 3.63) is 58.4 Å². The summed E-state index contributed by atoms with van der Waals surface area (Å²) in [5.74, 6) is -0.858. The van der Waals surface area contributed by atoms with Gasteiger partial charge in [-0.2, -0.15) is 11.3 Å². The van der Waals surface area contributed by atoms with Gasteiger partial charge in [0.05, 0.1) is 5.56 Å². The second-order valence-corrected chi connectivity index (χ2v) is 6.40. The third-order valence-electron chi connectivity index (χ3n) is 3.80. The molecule has 0 spiro atoms. The number of para-hydroxylation sites is 1. The normalized spacial score (nSPS) is 10.5. The van der Waals surface area contributed by atoms with E-state index < -0.39 is 0 Å². The Hall–Kier alpha value is -3.13. The highest BCUT2D eigenvalue weighted by atomic mass is 32.1. The highest BCUT2D eigenvalue weighted by molar-refractivity contribution is 7.08. The lowest BCUT2D eigenvalue weighted by molar-refractivity contribution is -0.121. The molecule has 134 valence electrons. The van der Waals surface area contributed by atoms with Gasteiger partial charge in [0.2, 0.25) is 5.91 Å². The van der Waals surface area contributed by atoms with E-state index in [4.69, 9.17) is 0 Å². The van der Waals surface area contributed by atoms with Crippen molar-refractivity contribution in [2.45, 2.75) is 12.8 Å². The number of carbonyl (C=O) groups is 3. The molecule has 0 bridgehead atoms. The van der Waals surface area contributed by atoms with Crippen LogP contribution in [0.5, 0.6) is 0 Å². The molecule has 0 fully saturated rings. The SMILES string of the molecule is O=C(CCCNC(=O)c1ccsc1)NNC(=O)c1c[nH]c2ccccc12. The van der Waals surface area contributed by atoms with Crippen LogP contribution in [-0.4, -0.2) is 29.3 Å². The second kappa shape index (κ2) is 8.30. The van der Waals surface area contributed by atoms with Crippen LogP contribution in [0.15, 0.2) is 47.3 Å². The van der Waals surface area contributed by atoms with Gasteiger partial charge < -0.3 is 10.3 Å². The maximum atomic E-state index is 12.2. The first-order valence-electron chi connectivity index (χ1n) is 8.11. The van der Waals surface area contributed by atoms with Crippen molar-refractivity contribution in [3.8, 4) is 0 Å². The summed E-state index contributed by atoms with van der Waals surface area (Å²) < 4.78 is 0. The molecule has 2 heterocycles. The zero-order valence-corrected chi connectivity index (χ0v) is 14.7. The van der Waals surface area contributed by atoms with Gasteiger partial charge >= 0.3 is 0 Å². The molecule has 1 aromatic carbocycles. The first-order chi connectivity index (χ1) is 12.6. The van der Waals surface area contributed by atoms with Gasteiger partial charge in [0, 0.05) is 41.0 Å². The fourth-order valence-corrected chi connectivity index (χ4v) is 3.10. The highest BCUT2D eigenvalue weighted by Crippen LogP contribution is 2.17. The molecule has 2 aromatic heterocycles. The molecule has 7 nitrogen and oxygen atoms in total. The average Bonchev–Trinajstić information content (AvgIpc) is 3.32. The van der Waals surface area contributed by atoms with Crippen molar-refractivity contribution >= 4 is 40.0 Å². The van der Waals surface area contributed by atoms with Gasteiger partial charge in [0.1, 0.15) is 0 Å². The standard InChI is InChI=1S/C18H18N4O3S/c23-16(6-3-8-19-17(24)12-7-9-26-11-12)21-22-18(25)14-10-20-15-5-2-1-4-13(14)15/h1-2,4-5,7,9-11,20H,3,6,8H2,(H,19,24)(H,21,23)(H,22,25). The molecule has 4 N–H and O–H groups in total. The topological polar surface area (TPSA) is 103 Å². The van der Waals surface area contributed by atoms with Crippen molar-refractivity contribution in [3.63, 3.8) is 0 Å². The van der Waals surface area contributed by atoms with Gasteiger partial charge in [-0.3, -0.25) is 25.2 Å². The molecule has 3 rings (SSSR count). The van der Waals surface area contributed by atoms with Crippen molar-refractivity contribution in [1.29, 1.82) is 0 Å². The van der Waals surface area contributed by atoms with Crippen LogP contribution in [0.25, 0.3) is 10.9 Å². The molecule has 3 amide bonds. The van der Waals surface area contributed by atoms with E-state index in [-0.39, 0.29) is 24.1 Å². The molecule has 0 aliphatic heterocycles. The Kier molecular flexibility index (Phi) is 5.65. The number of hydrazine groups is 1. The fraction of sp³-hybridized carbons (Fsp3) is 0.167. The molecule has 0 aliphatic rings. The van der Waals surface area contributed by atoms with E-state index >= 15 is 0 Å². The number of amides is 3. The minimum absolute atomic E-state index is 0.153. The number of rotatable bonds is 6. The monoisotopic (exact) mass is 370 g/mol. The van der Waals surface area contributed by atoms with Crippen LogP contribution in [0.3, 0.4) is 0 Å². The summed E-state index contributed by atoms with van der Waals surface area (Å²) in [4.78, 5) is 38.7. The average molecular weight is 370 g/mol. The predicted octanol–water partition coefficient (Wildman–Crippen LogP) is 2.20. The van der Waals surface area contributed by atoms with E-state index in [1.807, 2.05) is 29.6 Å². The van der Waals surface area contributed by atoms with E-state index in [1.54, 1.807) is 17.6 Å². The molecule has 26 heavy (non-hydrogen) atoms. The lowest BCUT2D eigenvalue weighted by Crippen LogP contribution is -2.41. The zero-order valence-electron chi connectivity index (χ0n) is 13.9. The van der Waals surface area contributed by atoms with Crippen LogP contribution < -0.4 is 16.2 Å². The number of hydrogen-bond acceptors (Lipinski definition) is 4. The van der Waals surface area contributed by atoms with Crippen LogP contribution in [0.2, 0.25) is 0 Å². The first kappa shape index (κ1) is 17.7. The van der Waals surface area contributed by atoms with Crippen LogP contribution >= 0.6 is 11.3 Å². The maximum absolute atomic E-state index is 12.2. The Morgan fingerprint density at radius 2 is 1.88 bits per heavy atom. The van der Waals surface area contributed by atoms with Gasteiger partial charge in [-0.15, -0.1) is 0 Å². The summed E-state index contributed by atoms with van der Waals surface area (Å²) in [7, 11) is 0. The van der Waals surface area contributed by atoms with E-state index in [9.17, 15) is 14.4 Å². The maximum Gasteiger partial charge on any atom is 0.271 e. The lowest BCUT2D eigenvalue weighted by atomic mass is 10.2. The molecular weight excluding hydrogens is 352 g/mol. The molecule has 0 radical (unpaired) electrons. The Labute approximate surface area is 153 Å². The van der Waals surface area contributed by atoms with Gasteiger partial charge in [-0.1, -0.05) is 18.2 Å². The Morgan fingerprint density at radius 3 is 2.69 bits per heavy atom. The molecule has 0 atom stereocenters. The van der Waals surface area contributed by atoms with Crippen LogP contribution in [0.1, 0.15) is 33.6 Å². The summed E-state index contributed by atoms with van der Waals surface area (Å²) in [5.41, 5.74) is 6.72. The largest absolute Gasteiger partial charge is 0.360 e. The molecule has 3 aromatic rings. The quantitative estimate of drug-likeness (QED) is 0.395. The van der Waals surface area contributed by atoms with Crippen molar-refractivity contribution in [1.82, 2.24) is 21.2 Å².